The van der Waals surface area contributed by atoms with Gasteiger partial charge in [0, 0.05) is 16.3 Å². The van der Waals surface area contributed by atoms with Crippen LogP contribution in [0.25, 0.3) is 0 Å². The van der Waals surface area contributed by atoms with Crippen LogP contribution >= 0.6 is 46.4 Å². The summed E-state index contributed by atoms with van der Waals surface area (Å²) >= 11 is 23.7. The summed E-state index contributed by atoms with van der Waals surface area (Å²) in [6.45, 7) is 1.94. The molecule has 2 aromatic rings. The van der Waals surface area contributed by atoms with Crippen LogP contribution in [0.4, 0.5) is 5.69 Å². The molecular formula is C16H14Cl4N2O. The molecule has 2 aromatic carbocycles. The van der Waals surface area contributed by atoms with Crippen molar-refractivity contribution < 1.29 is 4.79 Å². The fourth-order valence-electron chi connectivity index (χ4n) is 1.83. The van der Waals surface area contributed by atoms with E-state index in [1.165, 1.54) is 0 Å². The summed E-state index contributed by atoms with van der Waals surface area (Å²) in [5.41, 5.74) is 2.20. The second kappa shape index (κ2) is 7.63. The van der Waals surface area contributed by atoms with E-state index >= 15 is 0 Å². The zero-order valence-electron chi connectivity index (χ0n) is 12.1. The van der Waals surface area contributed by atoms with Crippen LogP contribution in [0.2, 0.25) is 5.02 Å². The summed E-state index contributed by atoms with van der Waals surface area (Å²) in [6.07, 6.45) is -0.914. The highest BCUT2D eigenvalue weighted by Crippen LogP contribution is 2.31. The third kappa shape index (κ3) is 5.47. The van der Waals surface area contributed by atoms with Gasteiger partial charge >= 0.3 is 0 Å². The molecule has 0 heterocycles. The first-order valence-corrected chi connectivity index (χ1v) is 8.23. The van der Waals surface area contributed by atoms with Gasteiger partial charge in [0.1, 0.15) is 6.17 Å². The number of benzene rings is 2. The fourth-order valence-corrected chi connectivity index (χ4v) is 2.29. The van der Waals surface area contributed by atoms with Gasteiger partial charge in [-0.05, 0) is 43.3 Å². The predicted molar refractivity (Wildman–Crippen MR) is 97.8 cm³/mol. The molecule has 0 bridgehead atoms. The van der Waals surface area contributed by atoms with E-state index in [4.69, 9.17) is 46.4 Å². The zero-order valence-corrected chi connectivity index (χ0v) is 15.1. The first-order chi connectivity index (χ1) is 10.8. The SMILES string of the molecule is Cc1ccc(C(=O)NC(Nc2ccc(Cl)cc2)C(Cl)(Cl)Cl)cc1. The Labute approximate surface area is 154 Å². The molecular weight excluding hydrogens is 378 g/mol. The van der Waals surface area contributed by atoms with E-state index in [0.29, 0.717) is 16.3 Å². The van der Waals surface area contributed by atoms with Gasteiger partial charge in [0.2, 0.25) is 3.79 Å². The third-order valence-electron chi connectivity index (χ3n) is 3.07. The van der Waals surface area contributed by atoms with Gasteiger partial charge in [0.15, 0.2) is 0 Å². The van der Waals surface area contributed by atoms with Crippen molar-refractivity contribution in [2.45, 2.75) is 16.9 Å². The molecule has 1 atom stereocenters. The van der Waals surface area contributed by atoms with Gasteiger partial charge in [-0.1, -0.05) is 64.1 Å². The largest absolute Gasteiger partial charge is 0.362 e. The second-order valence-corrected chi connectivity index (χ2v) is 7.77. The Morgan fingerprint density at radius 3 is 2.09 bits per heavy atom. The topological polar surface area (TPSA) is 41.1 Å². The molecule has 0 saturated heterocycles. The number of amides is 1. The molecule has 1 unspecified atom stereocenters. The maximum absolute atomic E-state index is 12.3. The molecule has 0 aliphatic carbocycles. The first kappa shape index (κ1) is 18.2. The number of rotatable bonds is 4. The van der Waals surface area contributed by atoms with E-state index in [9.17, 15) is 4.79 Å². The Hall–Kier alpha value is -1.13. The second-order valence-electron chi connectivity index (χ2n) is 4.97. The van der Waals surface area contributed by atoms with Crippen LogP contribution < -0.4 is 10.6 Å². The molecule has 0 aliphatic heterocycles. The normalized spacial score (nSPS) is 12.6. The highest BCUT2D eigenvalue weighted by atomic mass is 35.6. The molecule has 7 heteroatoms. The molecule has 0 spiro atoms. The molecule has 2 rings (SSSR count). The number of nitrogens with one attached hydrogen (secondary N) is 2. The number of anilines is 1. The van der Waals surface area contributed by atoms with Gasteiger partial charge in [-0.2, -0.15) is 0 Å². The molecule has 3 nitrogen and oxygen atoms in total. The minimum Gasteiger partial charge on any atom is -0.362 e. The predicted octanol–water partition coefficient (Wildman–Crippen LogP) is 5.19. The van der Waals surface area contributed by atoms with Crippen molar-refractivity contribution in [1.29, 1.82) is 0 Å². The third-order valence-corrected chi connectivity index (χ3v) is 3.98. The summed E-state index contributed by atoms with van der Waals surface area (Å²) in [4.78, 5) is 12.3. The molecule has 23 heavy (non-hydrogen) atoms. The summed E-state index contributed by atoms with van der Waals surface area (Å²) in [6, 6.07) is 13.9. The van der Waals surface area contributed by atoms with E-state index in [2.05, 4.69) is 10.6 Å². The number of hydrogen-bond acceptors (Lipinski definition) is 2. The van der Waals surface area contributed by atoms with Crippen LogP contribution in [0.5, 0.6) is 0 Å². The summed E-state index contributed by atoms with van der Waals surface area (Å²) in [5, 5.41) is 6.24. The lowest BCUT2D eigenvalue weighted by Crippen LogP contribution is -2.49. The number of aryl methyl sites for hydroxylation is 1. The van der Waals surface area contributed by atoms with Crippen LogP contribution in [-0.4, -0.2) is 15.9 Å². The van der Waals surface area contributed by atoms with Crippen LogP contribution in [0, 0.1) is 6.92 Å². The molecule has 0 fully saturated rings. The number of carbonyl (C=O) groups excluding carboxylic acids is 1. The van der Waals surface area contributed by atoms with Crippen molar-refractivity contribution in [2.24, 2.45) is 0 Å². The Kier molecular flexibility index (Phi) is 6.04. The van der Waals surface area contributed by atoms with Crippen molar-refractivity contribution in [3.8, 4) is 0 Å². The standard InChI is InChI=1S/C16H14Cl4N2O/c1-10-2-4-11(5-3-10)14(23)22-15(16(18,19)20)21-13-8-6-12(17)7-9-13/h2-9,15,21H,1H3,(H,22,23). The maximum atomic E-state index is 12.3. The quantitative estimate of drug-likeness (QED) is 0.556. The zero-order chi connectivity index (χ0) is 17.0. The smallest absolute Gasteiger partial charge is 0.252 e. The van der Waals surface area contributed by atoms with Gasteiger partial charge in [-0.15, -0.1) is 0 Å². The molecule has 2 N–H and O–H groups in total. The fraction of sp³-hybridized carbons (Fsp3) is 0.188. The molecule has 0 saturated carbocycles. The van der Waals surface area contributed by atoms with Crippen molar-refractivity contribution in [2.75, 3.05) is 5.32 Å². The van der Waals surface area contributed by atoms with Crippen LogP contribution in [0.15, 0.2) is 48.5 Å². The van der Waals surface area contributed by atoms with Crippen molar-refractivity contribution in [1.82, 2.24) is 5.32 Å². The van der Waals surface area contributed by atoms with Crippen molar-refractivity contribution >= 4 is 58.0 Å². The van der Waals surface area contributed by atoms with E-state index in [0.717, 1.165) is 5.56 Å². The lowest BCUT2D eigenvalue weighted by Gasteiger charge is -2.27. The summed E-state index contributed by atoms with van der Waals surface area (Å²) < 4.78 is -1.74. The highest BCUT2D eigenvalue weighted by Gasteiger charge is 2.34. The lowest BCUT2D eigenvalue weighted by molar-refractivity contribution is 0.0942. The minimum atomic E-state index is -1.74. The first-order valence-electron chi connectivity index (χ1n) is 6.72. The van der Waals surface area contributed by atoms with Crippen LogP contribution in [0.3, 0.4) is 0 Å². The number of hydrogen-bond donors (Lipinski definition) is 2. The van der Waals surface area contributed by atoms with Crippen LogP contribution in [-0.2, 0) is 0 Å². The summed E-state index contributed by atoms with van der Waals surface area (Å²) in [7, 11) is 0. The average Bonchev–Trinajstić information content (AvgIpc) is 2.48. The van der Waals surface area contributed by atoms with Crippen molar-refractivity contribution in [3.63, 3.8) is 0 Å². The molecule has 1 amide bonds. The van der Waals surface area contributed by atoms with Crippen molar-refractivity contribution in [3.05, 3.63) is 64.7 Å². The molecule has 122 valence electrons. The van der Waals surface area contributed by atoms with Gasteiger partial charge in [0.05, 0.1) is 0 Å². The Balaban J connectivity index is 2.14. The van der Waals surface area contributed by atoms with Gasteiger partial charge in [0.25, 0.3) is 5.91 Å². The van der Waals surface area contributed by atoms with E-state index < -0.39 is 9.96 Å². The van der Waals surface area contributed by atoms with Crippen LogP contribution in [0.1, 0.15) is 15.9 Å². The van der Waals surface area contributed by atoms with Gasteiger partial charge < -0.3 is 10.6 Å². The summed E-state index contributed by atoms with van der Waals surface area (Å²) in [5.74, 6) is -0.345. The van der Waals surface area contributed by atoms with E-state index in [-0.39, 0.29) is 5.91 Å². The molecule has 0 aliphatic rings. The Morgan fingerprint density at radius 2 is 1.57 bits per heavy atom. The number of halogens is 4. The Morgan fingerprint density at radius 1 is 1.00 bits per heavy atom. The van der Waals surface area contributed by atoms with E-state index in [1.54, 1.807) is 36.4 Å². The molecule has 0 aromatic heterocycles. The Bertz CT molecular complexity index is 666. The highest BCUT2D eigenvalue weighted by molar-refractivity contribution is 6.68. The number of carbonyl (C=O) groups is 1. The van der Waals surface area contributed by atoms with Gasteiger partial charge in [-0.25, -0.2) is 0 Å². The van der Waals surface area contributed by atoms with Gasteiger partial charge in [-0.3, -0.25) is 4.79 Å². The minimum absolute atomic E-state index is 0.345. The number of alkyl halides is 3. The lowest BCUT2D eigenvalue weighted by atomic mass is 10.1. The molecule has 0 radical (unpaired) electrons. The van der Waals surface area contributed by atoms with E-state index in [1.807, 2.05) is 19.1 Å². The monoisotopic (exact) mass is 390 g/mol. The average molecular weight is 392 g/mol. The maximum Gasteiger partial charge on any atom is 0.252 e.